The Hall–Kier alpha value is -2.04. The molecule has 2 aromatic carbocycles. The van der Waals surface area contributed by atoms with Crippen molar-refractivity contribution in [1.82, 2.24) is 0 Å². The summed E-state index contributed by atoms with van der Waals surface area (Å²) in [6.45, 7) is 0. The number of hydrogen-bond acceptors (Lipinski definition) is 2. The Bertz CT molecular complexity index is 628. The molecular formula is C15H12Cl2N2O2. The SMILES string of the molecule is O=C(Nc1ccccc1)c1ccc(NC(=O)C(Cl)Cl)cc1. The number of amides is 2. The van der Waals surface area contributed by atoms with Gasteiger partial charge in [-0.25, -0.2) is 0 Å². The molecule has 108 valence electrons. The molecule has 0 radical (unpaired) electrons. The van der Waals surface area contributed by atoms with Crippen LogP contribution in [-0.2, 0) is 4.79 Å². The lowest BCUT2D eigenvalue weighted by Crippen LogP contribution is -2.18. The normalized spacial score (nSPS) is 10.2. The van der Waals surface area contributed by atoms with E-state index in [0.717, 1.165) is 0 Å². The van der Waals surface area contributed by atoms with E-state index in [1.165, 1.54) is 0 Å². The van der Waals surface area contributed by atoms with Gasteiger partial charge in [0.1, 0.15) is 0 Å². The van der Waals surface area contributed by atoms with Crippen LogP contribution in [0.1, 0.15) is 10.4 Å². The van der Waals surface area contributed by atoms with Crippen molar-refractivity contribution in [3.63, 3.8) is 0 Å². The second-order valence-electron chi connectivity index (χ2n) is 4.19. The molecule has 6 heteroatoms. The van der Waals surface area contributed by atoms with Crippen LogP contribution in [0.25, 0.3) is 0 Å². The van der Waals surface area contributed by atoms with Crippen LogP contribution >= 0.6 is 23.2 Å². The summed E-state index contributed by atoms with van der Waals surface area (Å²) in [5.41, 5.74) is 1.71. The van der Waals surface area contributed by atoms with Gasteiger partial charge in [0.25, 0.3) is 11.8 Å². The maximum Gasteiger partial charge on any atom is 0.257 e. The smallest absolute Gasteiger partial charge is 0.257 e. The number of para-hydroxylation sites is 1. The largest absolute Gasteiger partial charge is 0.324 e. The van der Waals surface area contributed by atoms with Crippen LogP contribution < -0.4 is 10.6 Å². The second kappa shape index (κ2) is 7.11. The first kappa shape index (κ1) is 15.4. The van der Waals surface area contributed by atoms with Crippen LogP contribution in [0.3, 0.4) is 0 Å². The van der Waals surface area contributed by atoms with E-state index in [4.69, 9.17) is 23.2 Å². The molecule has 0 bridgehead atoms. The Morgan fingerprint density at radius 3 is 1.95 bits per heavy atom. The van der Waals surface area contributed by atoms with Crippen LogP contribution in [0.5, 0.6) is 0 Å². The maximum absolute atomic E-state index is 12.0. The summed E-state index contributed by atoms with van der Waals surface area (Å²) in [6, 6.07) is 15.6. The highest BCUT2D eigenvalue weighted by atomic mass is 35.5. The zero-order chi connectivity index (χ0) is 15.2. The lowest BCUT2D eigenvalue weighted by atomic mass is 10.2. The number of benzene rings is 2. The summed E-state index contributed by atoms with van der Waals surface area (Å²) in [4.78, 5) is 22.2. The summed E-state index contributed by atoms with van der Waals surface area (Å²) >= 11 is 10.9. The molecule has 0 aliphatic heterocycles. The predicted molar refractivity (Wildman–Crippen MR) is 85.0 cm³/mol. The summed E-state index contributed by atoms with van der Waals surface area (Å²) in [6.07, 6.45) is 0. The van der Waals surface area contributed by atoms with Crippen LogP contribution in [-0.4, -0.2) is 16.7 Å². The van der Waals surface area contributed by atoms with Gasteiger partial charge in [-0.3, -0.25) is 9.59 Å². The lowest BCUT2D eigenvalue weighted by molar-refractivity contribution is -0.114. The van der Waals surface area contributed by atoms with Gasteiger partial charge in [-0.1, -0.05) is 41.4 Å². The van der Waals surface area contributed by atoms with Gasteiger partial charge < -0.3 is 10.6 Å². The second-order valence-corrected chi connectivity index (χ2v) is 5.28. The van der Waals surface area contributed by atoms with Gasteiger partial charge in [-0.15, -0.1) is 0 Å². The van der Waals surface area contributed by atoms with Crippen LogP contribution in [0, 0.1) is 0 Å². The molecular weight excluding hydrogens is 311 g/mol. The van der Waals surface area contributed by atoms with Gasteiger partial charge in [0, 0.05) is 16.9 Å². The average Bonchev–Trinajstić information content (AvgIpc) is 2.48. The highest BCUT2D eigenvalue weighted by Gasteiger charge is 2.12. The molecule has 2 amide bonds. The van der Waals surface area contributed by atoms with E-state index in [9.17, 15) is 9.59 Å². The molecule has 0 unspecified atom stereocenters. The quantitative estimate of drug-likeness (QED) is 0.843. The summed E-state index contributed by atoms with van der Waals surface area (Å²) in [7, 11) is 0. The fraction of sp³-hybridized carbons (Fsp3) is 0.0667. The molecule has 2 N–H and O–H groups in total. The Morgan fingerprint density at radius 2 is 1.38 bits per heavy atom. The fourth-order valence-corrected chi connectivity index (χ4v) is 1.74. The van der Waals surface area contributed by atoms with E-state index >= 15 is 0 Å². The number of carbonyl (C=O) groups is 2. The molecule has 0 aliphatic rings. The number of hydrogen-bond donors (Lipinski definition) is 2. The van der Waals surface area contributed by atoms with Crippen molar-refractivity contribution in [2.75, 3.05) is 10.6 Å². The van der Waals surface area contributed by atoms with Crippen molar-refractivity contribution >= 4 is 46.4 Å². The first-order valence-electron chi connectivity index (χ1n) is 6.12. The van der Waals surface area contributed by atoms with Crippen LogP contribution in [0.2, 0.25) is 0 Å². The number of halogens is 2. The number of alkyl halides is 2. The molecule has 0 aromatic heterocycles. The predicted octanol–water partition coefficient (Wildman–Crippen LogP) is 3.68. The minimum absolute atomic E-state index is 0.230. The van der Waals surface area contributed by atoms with Crippen molar-refractivity contribution in [2.24, 2.45) is 0 Å². The monoisotopic (exact) mass is 322 g/mol. The molecule has 0 saturated heterocycles. The Labute approximate surface area is 132 Å². The van der Waals surface area contributed by atoms with Crippen molar-refractivity contribution in [3.8, 4) is 0 Å². The van der Waals surface area contributed by atoms with Crippen LogP contribution in [0.15, 0.2) is 54.6 Å². The Kier molecular flexibility index (Phi) is 5.20. The molecule has 0 atom stereocenters. The van der Waals surface area contributed by atoms with Crippen LogP contribution in [0.4, 0.5) is 11.4 Å². The van der Waals surface area contributed by atoms with E-state index in [1.807, 2.05) is 18.2 Å². The van der Waals surface area contributed by atoms with E-state index in [0.29, 0.717) is 16.9 Å². The summed E-state index contributed by atoms with van der Waals surface area (Å²) < 4.78 is 0. The van der Waals surface area contributed by atoms with Gasteiger partial charge in [0.05, 0.1) is 0 Å². The first-order valence-corrected chi connectivity index (χ1v) is 6.99. The van der Waals surface area contributed by atoms with Crippen molar-refractivity contribution in [1.29, 1.82) is 0 Å². The highest BCUT2D eigenvalue weighted by Crippen LogP contribution is 2.14. The molecule has 21 heavy (non-hydrogen) atoms. The average molecular weight is 323 g/mol. The lowest BCUT2D eigenvalue weighted by Gasteiger charge is -2.07. The third-order valence-corrected chi connectivity index (χ3v) is 3.04. The van der Waals surface area contributed by atoms with Gasteiger partial charge in [0.15, 0.2) is 4.84 Å². The van der Waals surface area contributed by atoms with E-state index < -0.39 is 10.7 Å². The number of carbonyl (C=O) groups excluding carboxylic acids is 2. The van der Waals surface area contributed by atoms with Gasteiger partial charge in [-0.2, -0.15) is 0 Å². The molecule has 4 nitrogen and oxygen atoms in total. The molecule has 2 rings (SSSR count). The molecule has 0 aliphatic carbocycles. The molecule has 0 fully saturated rings. The fourth-order valence-electron chi connectivity index (χ4n) is 1.63. The van der Waals surface area contributed by atoms with Gasteiger partial charge >= 0.3 is 0 Å². The number of rotatable bonds is 4. The highest BCUT2D eigenvalue weighted by molar-refractivity contribution is 6.54. The zero-order valence-electron chi connectivity index (χ0n) is 10.8. The van der Waals surface area contributed by atoms with Gasteiger partial charge in [0.2, 0.25) is 0 Å². The molecule has 0 heterocycles. The van der Waals surface area contributed by atoms with Crippen molar-refractivity contribution in [3.05, 3.63) is 60.2 Å². The van der Waals surface area contributed by atoms with Gasteiger partial charge in [-0.05, 0) is 36.4 Å². The molecule has 2 aromatic rings. The Balaban J connectivity index is 2.01. The minimum Gasteiger partial charge on any atom is -0.324 e. The zero-order valence-corrected chi connectivity index (χ0v) is 12.4. The van der Waals surface area contributed by atoms with E-state index in [1.54, 1.807) is 36.4 Å². The first-order chi connectivity index (χ1) is 10.1. The van der Waals surface area contributed by atoms with E-state index in [2.05, 4.69) is 10.6 Å². The third-order valence-electron chi connectivity index (χ3n) is 2.64. The topological polar surface area (TPSA) is 58.2 Å². The Morgan fingerprint density at radius 1 is 0.810 bits per heavy atom. The third kappa shape index (κ3) is 4.48. The number of anilines is 2. The molecule has 0 saturated carbocycles. The van der Waals surface area contributed by atoms with Crippen molar-refractivity contribution < 1.29 is 9.59 Å². The minimum atomic E-state index is -1.13. The summed E-state index contributed by atoms with van der Waals surface area (Å²) in [5, 5.41) is 5.29. The van der Waals surface area contributed by atoms with Crippen molar-refractivity contribution in [2.45, 2.75) is 4.84 Å². The van der Waals surface area contributed by atoms with E-state index in [-0.39, 0.29) is 5.91 Å². The standard InChI is InChI=1S/C15H12Cl2N2O2/c16-13(17)15(21)19-12-8-6-10(7-9-12)14(20)18-11-4-2-1-3-5-11/h1-9,13H,(H,18,20)(H,19,21). The number of nitrogens with one attached hydrogen (secondary N) is 2. The summed E-state index contributed by atoms with van der Waals surface area (Å²) in [5.74, 6) is -0.744. The maximum atomic E-state index is 12.0. The molecule has 0 spiro atoms.